The van der Waals surface area contributed by atoms with Crippen LogP contribution in [0, 0.1) is 27.7 Å². The van der Waals surface area contributed by atoms with Crippen molar-refractivity contribution in [2.75, 3.05) is 65.9 Å². The largest absolute Gasteiger partial charge is 0.491 e. The molecule has 0 saturated carbocycles. The molecule has 7 nitrogen and oxygen atoms in total. The highest BCUT2D eigenvalue weighted by Crippen LogP contribution is 2.23. The molecule has 0 aliphatic heterocycles. The summed E-state index contributed by atoms with van der Waals surface area (Å²) < 4.78 is 28.9. The second-order valence-corrected chi connectivity index (χ2v) is 10.3. The summed E-state index contributed by atoms with van der Waals surface area (Å²) in [5.74, 6) is 2.00. The number of benzene rings is 2. The van der Waals surface area contributed by atoms with Gasteiger partial charge in [0.1, 0.15) is 24.7 Å². The van der Waals surface area contributed by atoms with E-state index in [1.807, 2.05) is 0 Å². The lowest BCUT2D eigenvalue weighted by Gasteiger charge is -2.17. The van der Waals surface area contributed by atoms with Crippen LogP contribution in [0.3, 0.4) is 0 Å². The number of aryl methyl sites for hydroxylation is 4. The Morgan fingerprint density at radius 2 is 0.872 bits per heavy atom. The van der Waals surface area contributed by atoms with Gasteiger partial charge in [0.15, 0.2) is 0 Å². The summed E-state index contributed by atoms with van der Waals surface area (Å²) in [4.78, 5) is 0. The molecule has 0 saturated heterocycles. The minimum Gasteiger partial charge on any atom is -0.491 e. The number of hydrogen-bond donors (Lipinski definition) is 2. The van der Waals surface area contributed by atoms with Crippen LogP contribution in [0.15, 0.2) is 36.4 Å². The van der Waals surface area contributed by atoms with Gasteiger partial charge >= 0.3 is 0 Å². The highest BCUT2D eigenvalue weighted by atomic mass is 16.5. The van der Waals surface area contributed by atoms with Crippen molar-refractivity contribution in [2.24, 2.45) is 0 Å². The minimum absolute atomic E-state index is 0.286. The van der Waals surface area contributed by atoms with Crippen LogP contribution in [-0.2, 0) is 14.2 Å². The van der Waals surface area contributed by atoms with E-state index in [-0.39, 0.29) is 12.1 Å². The fraction of sp³-hybridized carbons (Fsp3) is 0.625. The maximum absolute atomic E-state index is 6.01. The molecule has 0 aliphatic rings. The van der Waals surface area contributed by atoms with Crippen LogP contribution in [0.4, 0.5) is 0 Å². The zero-order valence-electron chi connectivity index (χ0n) is 25.1. The maximum Gasteiger partial charge on any atom is 0.125 e. The van der Waals surface area contributed by atoms with Crippen molar-refractivity contribution in [2.45, 2.75) is 66.5 Å². The lowest BCUT2D eigenvalue weighted by Crippen LogP contribution is -2.33. The van der Waals surface area contributed by atoms with Crippen molar-refractivity contribution in [3.8, 4) is 11.5 Å². The maximum atomic E-state index is 6.01. The van der Waals surface area contributed by atoms with E-state index in [2.05, 4.69) is 88.6 Å². The number of rotatable bonds is 22. The zero-order chi connectivity index (χ0) is 28.3. The first-order chi connectivity index (χ1) is 18.9. The van der Waals surface area contributed by atoms with Crippen LogP contribution in [0.5, 0.6) is 11.5 Å². The third kappa shape index (κ3) is 14.2. The topological polar surface area (TPSA) is 70.2 Å². The molecule has 2 unspecified atom stereocenters. The summed E-state index contributed by atoms with van der Waals surface area (Å²) in [6.07, 6.45) is 1.92. The first-order valence-corrected chi connectivity index (χ1v) is 14.5. The van der Waals surface area contributed by atoms with Crippen LogP contribution in [0.2, 0.25) is 0 Å². The van der Waals surface area contributed by atoms with Gasteiger partial charge in [-0.15, -0.1) is 0 Å². The monoisotopic (exact) mass is 544 g/mol. The Balaban J connectivity index is 1.32. The van der Waals surface area contributed by atoms with Crippen LogP contribution < -0.4 is 20.1 Å². The molecule has 0 heterocycles. The van der Waals surface area contributed by atoms with E-state index in [9.17, 15) is 0 Å². The van der Waals surface area contributed by atoms with Gasteiger partial charge in [0, 0.05) is 25.3 Å². The molecule has 0 fully saturated rings. The van der Waals surface area contributed by atoms with Crippen LogP contribution in [0.25, 0.3) is 0 Å². The summed E-state index contributed by atoms with van der Waals surface area (Å²) in [6.45, 7) is 19.6. The SMILES string of the molecule is Cc1cccc(C)c1OCC(C)NCCCOCCOCCOCCCNC(C)COc1c(C)cccc1C. The molecular weight excluding hydrogens is 492 g/mol. The van der Waals surface area contributed by atoms with Crippen molar-refractivity contribution in [1.82, 2.24) is 10.6 Å². The molecule has 0 aliphatic carbocycles. The van der Waals surface area contributed by atoms with Crippen molar-refractivity contribution in [3.63, 3.8) is 0 Å². The fourth-order valence-electron chi connectivity index (χ4n) is 4.18. The van der Waals surface area contributed by atoms with E-state index < -0.39 is 0 Å². The third-order valence-electron chi connectivity index (χ3n) is 6.43. The average Bonchev–Trinajstić information content (AvgIpc) is 2.90. The van der Waals surface area contributed by atoms with Crippen molar-refractivity contribution in [3.05, 3.63) is 58.7 Å². The molecule has 2 aromatic carbocycles. The van der Waals surface area contributed by atoms with Gasteiger partial charge in [-0.2, -0.15) is 0 Å². The van der Waals surface area contributed by atoms with Gasteiger partial charge in [-0.05, 0) is 89.7 Å². The van der Waals surface area contributed by atoms with Gasteiger partial charge in [0.05, 0.1) is 26.4 Å². The number of ether oxygens (including phenoxy) is 5. The van der Waals surface area contributed by atoms with Gasteiger partial charge < -0.3 is 34.3 Å². The summed E-state index contributed by atoms with van der Waals surface area (Å²) >= 11 is 0. The van der Waals surface area contributed by atoms with Crippen molar-refractivity contribution >= 4 is 0 Å². The van der Waals surface area contributed by atoms with E-state index in [0.717, 1.165) is 50.6 Å². The predicted molar refractivity (Wildman–Crippen MR) is 159 cm³/mol. The molecule has 220 valence electrons. The molecular formula is C32H52N2O5. The van der Waals surface area contributed by atoms with E-state index >= 15 is 0 Å². The van der Waals surface area contributed by atoms with Crippen molar-refractivity contribution in [1.29, 1.82) is 0 Å². The molecule has 0 spiro atoms. The van der Waals surface area contributed by atoms with Gasteiger partial charge in [0.25, 0.3) is 0 Å². The summed E-state index contributed by atoms with van der Waals surface area (Å²) in [6, 6.07) is 13.0. The van der Waals surface area contributed by atoms with E-state index in [4.69, 9.17) is 23.7 Å². The molecule has 0 amide bonds. The smallest absolute Gasteiger partial charge is 0.125 e. The molecule has 0 aromatic heterocycles. The summed E-state index contributed by atoms with van der Waals surface area (Å²) in [5, 5.41) is 6.98. The molecule has 2 atom stereocenters. The quantitative estimate of drug-likeness (QED) is 0.198. The van der Waals surface area contributed by atoms with Crippen LogP contribution in [-0.4, -0.2) is 78.0 Å². The Kier molecular flexibility index (Phi) is 16.8. The number of nitrogens with one attached hydrogen (secondary N) is 2. The molecule has 7 heteroatoms. The second kappa shape index (κ2) is 19.8. The molecule has 39 heavy (non-hydrogen) atoms. The average molecular weight is 545 g/mol. The first-order valence-electron chi connectivity index (χ1n) is 14.5. The van der Waals surface area contributed by atoms with E-state index in [1.165, 1.54) is 22.3 Å². The molecule has 0 bridgehead atoms. The molecule has 0 radical (unpaired) electrons. The third-order valence-corrected chi connectivity index (χ3v) is 6.43. The van der Waals surface area contributed by atoms with Crippen LogP contribution >= 0.6 is 0 Å². The standard InChI is InChI=1S/C32H52N2O5/c1-25-11-7-12-26(2)31(25)38-23-29(5)33-15-9-17-35-19-21-37-22-20-36-18-10-16-34-30(6)24-39-32-27(3)13-8-14-28(32)4/h7-8,11-14,29-30,33-34H,9-10,15-24H2,1-6H3. The minimum atomic E-state index is 0.286. The second-order valence-electron chi connectivity index (χ2n) is 10.3. The van der Waals surface area contributed by atoms with Crippen molar-refractivity contribution < 1.29 is 23.7 Å². The Morgan fingerprint density at radius 1 is 0.538 bits per heavy atom. The zero-order valence-corrected chi connectivity index (χ0v) is 25.1. The normalized spacial score (nSPS) is 12.9. The van der Waals surface area contributed by atoms with Gasteiger partial charge in [-0.3, -0.25) is 0 Å². The first kappa shape index (κ1) is 33.0. The van der Waals surface area contributed by atoms with Gasteiger partial charge in [-0.25, -0.2) is 0 Å². The van der Waals surface area contributed by atoms with E-state index in [1.54, 1.807) is 0 Å². The van der Waals surface area contributed by atoms with Crippen LogP contribution in [0.1, 0.15) is 48.9 Å². The molecule has 2 aromatic rings. The highest BCUT2D eigenvalue weighted by molar-refractivity contribution is 5.40. The Morgan fingerprint density at radius 3 is 1.23 bits per heavy atom. The molecule has 2 N–H and O–H groups in total. The number of para-hydroxylation sites is 2. The Labute approximate surface area is 236 Å². The van der Waals surface area contributed by atoms with Gasteiger partial charge in [0.2, 0.25) is 0 Å². The predicted octanol–water partition coefficient (Wildman–Crippen LogP) is 5.16. The number of hydrogen-bond acceptors (Lipinski definition) is 7. The Bertz CT molecular complexity index is 809. The van der Waals surface area contributed by atoms with E-state index in [0.29, 0.717) is 39.6 Å². The summed E-state index contributed by atoms with van der Waals surface area (Å²) in [7, 11) is 0. The summed E-state index contributed by atoms with van der Waals surface area (Å²) in [5.41, 5.74) is 4.72. The highest BCUT2D eigenvalue weighted by Gasteiger charge is 2.08. The molecule has 2 rings (SSSR count). The lowest BCUT2D eigenvalue weighted by atomic mass is 10.1. The Hall–Kier alpha value is -2.16. The lowest BCUT2D eigenvalue weighted by molar-refractivity contribution is 0.0137. The van der Waals surface area contributed by atoms with Gasteiger partial charge in [-0.1, -0.05) is 36.4 Å². The fourth-order valence-corrected chi connectivity index (χ4v) is 4.18.